The molecule has 0 aromatic heterocycles. The Hall–Kier alpha value is -1.72. The van der Waals surface area contributed by atoms with E-state index in [4.69, 9.17) is 0 Å². The first-order valence-corrected chi connectivity index (χ1v) is 7.61. The molecule has 4 atom stereocenters. The molecule has 0 saturated heterocycles. The van der Waals surface area contributed by atoms with Crippen LogP contribution in [0.15, 0.2) is 0 Å². The molecule has 0 bridgehead atoms. The summed E-state index contributed by atoms with van der Waals surface area (Å²) in [5, 5.41) is 0. The molecule has 0 aromatic rings. The zero-order valence-corrected chi connectivity index (χ0v) is 13.2. The van der Waals surface area contributed by atoms with Crippen molar-refractivity contribution in [2.75, 3.05) is 14.2 Å². The minimum atomic E-state index is -0.172. The average Bonchev–Trinajstić information content (AvgIpc) is 3.22. The lowest BCUT2D eigenvalue weighted by atomic mass is 10.1. The van der Waals surface area contributed by atoms with Gasteiger partial charge in [0.05, 0.1) is 26.1 Å². The van der Waals surface area contributed by atoms with Crippen LogP contribution in [-0.4, -0.2) is 38.7 Å². The van der Waals surface area contributed by atoms with E-state index in [0.29, 0.717) is 12.8 Å². The number of hydrogen-bond donors (Lipinski definition) is 0. The van der Waals surface area contributed by atoms with Crippen molar-refractivity contribution in [3.63, 3.8) is 0 Å². The fourth-order valence-corrected chi connectivity index (χ4v) is 3.04. The van der Waals surface area contributed by atoms with Gasteiger partial charge in [-0.2, -0.15) is 0 Å². The van der Waals surface area contributed by atoms with E-state index in [1.165, 1.54) is 14.2 Å². The maximum absolute atomic E-state index is 10.9. The molecule has 0 heterocycles. The monoisotopic (exact) mass is 312 g/mol. The highest BCUT2D eigenvalue weighted by Crippen LogP contribution is 2.30. The Morgan fingerprint density at radius 1 is 0.773 bits per heavy atom. The number of methoxy groups -OCH3 is 2. The molecule has 0 spiro atoms. The van der Waals surface area contributed by atoms with Crippen molar-refractivity contribution >= 4 is 24.5 Å². The lowest BCUT2D eigenvalue weighted by Gasteiger charge is -2.04. The quantitative estimate of drug-likeness (QED) is 0.578. The van der Waals surface area contributed by atoms with Crippen LogP contribution < -0.4 is 0 Å². The minimum absolute atomic E-state index is 0.0322. The molecule has 2 saturated carbocycles. The summed E-state index contributed by atoms with van der Waals surface area (Å²) < 4.78 is 9.14. The summed E-state index contributed by atoms with van der Waals surface area (Å²) in [5.74, 6) is -0.243. The highest BCUT2D eigenvalue weighted by atomic mass is 16.5. The predicted octanol–water partition coefficient (Wildman–Crippen LogP) is 1.55. The van der Waals surface area contributed by atoms with Crippen LogP contribution in [0, 0.1) is 23.7 Å². The van der Waals surface area contributed by atoms with E-state index < -0.39 is 0 Å². The van der Waals surface area contributed by atoms with Gasteiger partial charge in [-0.05, 0) is 38.5 Å². The third-order valence-corrected chi connectivity index (χ3v) is 4.40. The van der Waals surface area contributed by atoms with Gasteiger partial charge >= 0.3 is 11.9 Å². The van der Waals surface area contributed by atoms with Crippen molar-refractivity contribution in [1.82, 2.24) is 0 Å². The van der Waals surface area contributed by atoms with Crippen LogP contribution >= 0.6 is 0 Å². The van der Waals surface area contributed by atoms with Crippen molar-refractivity contribution < 1.29 is 28.7 Å². The van der Waals surface area contributed by atoms with E-state index in [1.807, 2.05) is 0 Å². The molecular weight excluding hydrogens is 288 g/mol. The Morgan fingerprint density at radius 3 is 1.36 bits per heavy atom. The first kappa shape index (κ1) is 18.3. The Balaban J connectivity index is 0.000000220. The Kier molecular flexibility index (Phi) is 7.77. The second kappa shape index (κ2) is 9.33. The van der Waals surface area contributed by atoms with E-state index in [1.54, 1.807) is 0 Å². The number of hydrogen-bond acceptors (Lipinski definition) is 6. The molecule has 0 N–H and O–H groups in total. The van der Waals surface area contributed by atoms with Gasteiger partial charge in [0.15, 0.2) is 0 Å². The molecule has 124 valence electrons. The smallest absolute Gasteiger partial charge is 0.308 e. The lowest BCUT2D eigenvalue weighted by Crippen LogP contribution is -2.12. The summed E-state index contributed by atoms with van der Waals surface area (Å²) in [5.41, 5.74) is 0. The zero-order chi connectivity index (χ0) is 16.5. The van der Waals surface area contributed by atoms with Gasteiger partial charge in [-0.25, -0.2) is 0 Å². The summed E-state index contributed by atoms with van der Waals surface area (Å²) in [7, 11) is 2.77. The third-order valence-electron chi connectivity index (χ3n) is 4.40. The van der Waals surface area contributed by atoms with Crippen molar-refractivity contribution in [2.24, 2.45) is 23.7 Å². The fraction of sp³-hybridized carbons (Fsp3) is 0.750. The van der Waals surface area contributed by atoms with Gasteiger partial charge in [0.25, 0.3) is 0 Å². The molecule has 2 aliphatic carbocycles. The topological polar surface area (TPSA) is 86.7 Å². The van der Waals surface area contributed by atoms with Crippen LogP contribution in [0.5, 0.6) is 0 Å². The summed E-state index contributed by atoms with van der Waals surface area (Å²) in [6, 6.07) is 0. The van der Waals surface area contributed by atoms with E-state index >= 15 is 0 Å². The van der Waals surface area contributed by atoms with Gasteiger partial charge in [-0.1, -0.05) is 0 Å². The largest absolute Gasteiger partial charge is 0.469 e. The van der Waals surface area contributed by atoms with Crippen LogP contribution in [0.1, 0.15) is 38.5 Å². The second-order valence-corrected chi connectivity index (χ2v) is 5.86. The molecule has 6 heteroatoms. The van der Waals surface area contributed by atoms with Crippen LogP contribution in [0.25, 0.3) is 0 Å². The standard InChI is InChI=1S/2C8H12O3/c2*1-11-8(10)7-3-2-6(4-7)5-9/h2*5-7H,2-4H2,1H3/t2*6-,7+/m10/s1. The third kappa shape index (κ3) is 5.24. The van der Waals surface area contributed by atoms with Crippen molar-refractivity contribution in [3.05, 3.63) is 0 Å². The molecule has 0 radical (unpaired) electrons. The maximum atomic E-state index is 10.9. The van der Waals surface area contributed by atoms with Crippen molar-refractivity contribution in [2.45, 2.75) is 38.5 Å². The average molecular weight is 312 g/mol. The molecule has 2 rings (SSSR count). The Labute approximate surface area is 130 Å². The second-order valence-electron chi connectivity index (χ2n) is 5.86. The van der Waals surface area contributed by atoms with Crippen LogP contribution in [0.3, 0.4) is 0 Å². The van der Waals surface area contributed by atoms with Gasteiger partial charge in [0.2, 0.25) is 0 Å². The van der Waals surface area contributed by atoms with Gasteiger partial charge in [0, 0.05) is 11.8 Å². The van der Waals surface area contributed by atoms with Gasteiger partial charge in [-0.3, -0.25) is 9.59 Å². The zero-order valence-electron chi connectivity index (χ0n) is 13.2. The van der Waals surface area contributed by atoms with Crippen LogP contribution in [-0.2, 0) is 28.7 Å². The Bertz CT molecular complexity index is 367. The number of ether oxygens (including phenoxy) is 2. The molecule has 0 amide bonds. The molecule has 22 heavy (non-hydrogen) atoms. The van der Waals surface area contributed by atoms with Gasteiger partial charge in [0.1, 0.15) is 12.6 Å². The summed E-state index contributed by atoms with van der Waals surface area (Å²) >= 11 is 0. The number of esters is 2. The van der Waals surface area contributed by atoms with Crippen LogP contribution in [0.4, 0.5) is 0 Å². The molecule has 0 unspecified atom stereocenters. The maximum Gasteiger partial charge on any atom is 0.308 e. The first-order chi connectivity index (χ1) is 10.5. The van der Waals surface area contributed by atoms with E-state index in [2.05, 4.69) is 9.47 Å². The summed E-state index contributed by atoms with van der Waals surface area (Å²) in [6.07, 6.45) is 6.50. The van der Waals surface area contributed by atoms with E-state index in [9.17, 15) is 19.2 Å². The predicted molar refractivity (Wildman–Crippen MR) is 77.8 cm³/mol. The minimum Gasteiger partial charge on any atom is -0.469 e. The SMILES string of the molecule is COC(=O)[C@@H]1CC[C@H](C=O)C1.COC(=O)[C@H]1CC[C@@H](C=O)C1. The number of carbonyl (C=O) groups is 4. The lowest BCUT2D eigenvalue weighted by molar-refractivity contribution is -0.146. The fourth-order valence-electron chi connectivity index (χ4n) is 3.04. The van der Waals surface area contributed by atoms with Crippen LogP contribution in [0.2, 0.25) is 0 Å². The first-order valence-electron chi connectivity index (χ1n) is 7.61. The highest BCUT2D eigenvalue weighted by Gasteiger charge is 2.30. The van der Waals surface area contributed by atoms with E-state index in [0.717, 1.165) is 38.3 Å². The molecule has 0 aliphatic heterocycles. The molecule has 0 aromatic carbocycles. The summed E-state index contributed by atoms with van der Waals surface area (Å²) in [6.45, 7) is 0. The van der Waals surface area contributed by atoms with E-state index in [-0.39, 0.29) is 35.6 Å². The molecular formula is C16H24O6. The normalized spacial score (nSPS) is 29.9. The molecule has 2 aliphatic rings. The molecule has 6 nitrogen and oxygen atoms in total. The van der Waals surface area contributed by atoms with Crippen molar-refractivity contribution in [3.8, 4) is 0 Å². The van der Waals surface area contributed by atoms with Crippen molar-refractivity contribution in [1.29, 1.82) is 0 Å². The number of aldehydes is 2. The summed E-state index contributed by atoms with van der Waals surface area (Å²) in [4.78, 5) is 42.5. The molecule has 2 fully saturated rings. The van der Waals surface area contributed by atoms with Gasteiger partial charge in [-0.15, -0.1) is 0 Å². The Morgan fingerprint density at radius 2 is 1.14 bits per heavy atom. The number of carbonyl (C=O) groups excluding carboxylic acids is 4. The highest BCUT2D eigenvalue weighted by molar-refractivity contribution is 5.74. The van der Waals surface area contributed by atoms with Gasteiger partial charge < -0.3 is 19.1 Å². The number of rotatable bonds is 4.